The summed E-state index contributed by atoms with van der Waals surface area (Å²) in [6, 6.07) is 8.69. The van der Waals surface area contributed by atoms with Gasteiger partial charge in [0.25, 0.3) is 0 Å². The lowest BCUT2D eigenvalue weighted by molar-refractivity contribution is 0.519. The number of halogens is 1. The van der Waals surface area contributed by atoms with E-state index in [1.165, 1.54) is 28.8 Å². The maximum absolute atomic E-state index is 13.2. The zero-order valence-electron chi connectivity index (χ0n) is 14.2. The van der Waals surface area contributed by atoms with Crippen molar-refractivity contribution in [1.82, 2.24) is 9.55 Å². The molecule has 23 heavy (non-hydrogen) atoms. The summed E-state index contributed by atoms with van der Waals surface area (Å²) in [7, 11) is 0. The number of aromatic nitrogens is 2. The van der Waals surface area contributed by atoms with Gasteiger partial charge in [-0.15, -0.1) is 0 Å². The molecule has 2 aromatic heterocycles. The third kappa shape index (κ3) is 2.88. The van der Waals surface area contributed by atoms with E-state index in [1.807, 2.05) is 18.3 Å². The lowest BCUT2D eigenvalue weighted by Gasteiger charge is -2.13. The number of hydrogen-bond donors (Lipinski definition) is 0. The fourth-order valence-electron chi connectivity index (χ4n) is 3.08. The molecule has 0 aliphatic rings. The van der Waals surface area contributed by atoms with E-state index < -0.39 is 0 Å². The molecule has 3 aromatic rings. The van der Waals surface area contributed by atoms with Crippen molar-refractivity contribution in [2.45, 2.75) is 40.7 Å². The van der Waals surface area contributed by atoms with Gasteiger partial charge < -0.3 is 4.57 Å². The highest BCUT2D eigenvalue weighted by atomic mass is 19.1. The van der Waals surface area contributed by atoms with Gasteiger partial charge in [0.2, 0.25) is 0 Å². The number of rotatable bonds is 4. The summed E-state index contributed by atoms with van der Waals surface area (Å²) in [6.45, 7) is 9.80. The monoisotopic (exact) mass is 310 g/mol. The minimum Gasteiger partial charge on any atom is -0.343 e. The molecule has 0 aliphatic heterocycles. The van der Waals surface area contributed by atoms with Gasteiger partial charge in [0.05, 0.1) is 11.2 Å². The molecule has 0 saturated heterocycles. The Morgan fingerprint density at radius 1 is 1.09 bits per heavy atom. The van der Waals surface area contributed by atoms with Crippen molar-refractivity contribution < 1.29 is 4.39 Å². The number of benzene rings is 1. The van der Waals surface area contributed by atoms with Crippen LogP contribution in [0.5, 0.6) is 0 Å². The summed E-state index contributed by atoms with van der Waals surface area (Å²) < 4.78 is 15.6. The van der Waals surface area contributed by atoms with Gasteiger partial charge in [-0.05, 0) is 62.1 Å². The SMILES string of the molecule is Cc1c(C)n(CCC(C)C)c2c(-c3ccc(F)cc3)nccc12. The van der Waals surface area contributed by atoms with Crippen molar-refractivity contribution in [3.63, 3.8) is 0 Å². The van der Waals surface area contributed by atoms with Crippen LogP contribution in [0.25, 0.3) is 22.2 Å². The van der Waals surface area contributed by atoms with Crippen molar-refractivity contribution in [2.24, 2.45) is 5.92 Å². The molecule has 0 saturated carbocycles. The molecule has 0 atom stereocenters. The van der Waals surface area contributed by atoms with E-state index in [9.17, 15) is 4.39 Å². The van der Waals surface area contributed by atoms with E-state index in [0.29, 0.717) is 5.92 Å². The molecule has 120 valence electrons. The largest absolute Gasteiger partial charge is 0.343 e. The van der Waals surface area contributed by atoms with Gasteiger partial charge in [0.1, 0.15) is 5.82 Å². The van der Waals surface area contributed by atoms with Crippen LogP contribution in [-0.4, -0.2) is 9.55 Å². The number of pyridine rings is 1. The lowest BCUT2D eigenvalue weighted by Crippen LogP contribution is -2.04. The molecule has 0 aliphatic carbocycles. The van der Waals surface area contributed by atoms with E-state index in [1.54, 1.807) is 0 Å². The predicted molar refractivity (Wildman–Crippen MR) is 94.1 cm³/mol. The molecule has 0 N–H and O–H groups in total. The highest BCUT2D eigenvalue weighted by molar-refractivity contribution is 5.95. The van der Waals surface area contributed by atoms with E-state index in [2.05, 4.69) is 43.3 Å². The van der Waals surface area contributed by atoms with E-state index in [0.717, 1.165) is 29.7 Å². The maximum atomic E-state index is 13.2. The van der Waals surface area contributed by atoms with Gasteiger partial charge in [0.15, 0.2) is 0 Å². The van der Waals surface area contributed by atoms with Crippen molar-refractivity contribution in [3.8, 4) is 11.3 Å². The Bertz CT molecular complexity index is 829. The van der Waals surface area contributed by atoms with Crippen molar-refractivity contribution in [1.29, 1.82) is 0 Å². The first kappa shape index (κ1) is 15.7. The molecular formula is C20H23FN2. The minimum absolute atomic E-state index is 0.219. The highest BCUT2D eigenvalue weighted by Gasteiger charge is 2.16. The zero-order chi connectivity index (χ0) is 16.6. The summed E-state index contributed by atoms with van der Waals surface area (Å²) in [4.78, 5) is 4.61. The molecule has 0 spiro atoms. The maximum Gasteiger partial charge on any atom is 0.123 e. The summed E-state index contributed by atoms with van der Waals surface area (Å²) in [5.74, 6) is 0.432. The normalized spacial score (nSPS) is 11.6. The zero-order valence-corrected chi connectivity index (χ0v) is 14.2. The molecule has 0 fully saturated rings. The van der Waals surface area contributed by atoms with Crippen molar-refractivity contribution in [3.05, 3.63) is 53.6 Å². The topological polar surface area (TPSA) is 17.8 Å². The van der Waals surface area contributed by atoms with E-state index in [-0.39, 0.29) is 5.82 Å². The second-order valence-electron chi connectivity index (χ2n) is 6.61. The Balaban J connectivity index is 2.22. The van der Waals surface area contributed by atoms with Crippen molar-refractivity contribution >= 4 is 10.9 Å². The molecule has 1 aromatic carbocycles. The van der Waals surface area contributed by atoms with Gasteiger partial charge in [-0.2, -0.15) is 0 Å². The second kappa shape index (κ2) is 6.15. The first-order valence-corrected chi connectivity index (χ1v) is 8.19. The van der Waals surface area contributed by atoms with Crippen LogP contribution < -0.4 is 0 Å². The molecule has 2 heterocycles. The molecule has 0 bridgehead atoms. The molecule has 3 rings (SSSR count). The Morgan fingerprint density at radius 3 is 2.43 bits per heavy atom. The van der Waals surface area contributed by atoms with Crippen LogP contribution in [0.1, 0.15) is 31.5 Å². The van der Waals surface area contributed by atoms with Crippen molar-refractivity contribution in [2.75, 3.05) is 0 Å². The number of fused-ring (bicyclic) bond motifs is 1. The van der Waals surface area contributed by atoms with Gasteiger partial charge in [-0.3, -0.25) is 4.98 Å². The van der Waals surface area contributed by atoms with Crippen LogP contribution >= 0.6 is 0 Å². The Morgan fingerprint density at radius 2 is 1.78 bits per heavy atom. The lowest BCUT2D eigenvalue weighted by atomic mass is 10.1. The number of hydrogen-bond acceptors (Lipinski definition) is 1. The molecule has 2 nitrogen and oxygen atoms in total. The summed E-state index contributed by atoms with van der Waals surface area (Å²) in [5.41, 5.74) is 5.64. The molecular weight excluding hydrogens is 287 g/mol. The van der Waals surface area contributed by atoms with Crippen LogP contribution in [0, 0.1) is 25.6 Å². The average molecular weight is 310 g/mol. The highest BCUT2D eigenvalue weighted by Crippen LogP contribution is 2.32. The minimum atomic E-state index is -0.219. The van der Waals surface area contributed by atoms with E-state index >= 15 is 0 Å². The van der Waals surface area contributed by atoms with Crippen LogP contribution in [0.4, 0.5) is 4.39 Å². The number of aryl methyl sites for hydroxylation is 2. The van der Waals surface area contributed by atoms with E-state index in [4.69, 9.17) is 0 Å². The second-order valence-corrected chi connectivity index (χ2v) is 6.61. The fraction of sp³-hybridized carbons (Fsp3) is 0.350. The average Bonchev–Trinajstić information content (AvgIpc) is 2.78. The Hall–Kier alpha value is -2.16. The van der Waals surface area contributed by atoms with Crippen LogP contribution in [0.3, 0.4) is 0 Å². The molecule has 3 heteroatoms. The predicted octanol–water partition coefficient (Wildman–Crippen LogP) is 5.51. The van der Waals surface area contributed by atoms with Crippen LogP contribution in [0.15, 0.2) is 36.5 Å². The molecule has 0 unspecified atom stereocenters. The smallest absolute Gasteiger partial charge is 0.123 e. The van der Waals surface area contributed by atoms with Gasteiger partial charge in [0, 0.05) is 29.4 Å². The van der Waals surface area contributed by atoms with Gasteiger partial charge in [-0.1, -0.05) is 13.8 Å². The third-order valence-electron chi connectivity index (χ3n) is 4.59. The molecule has 0 radical (unpaired) electrons. The number of nitrogens with zero attached hydrogens (tertiary/aromatic N) is 2. The summed E-state index contributed by atoms with van der Waals surface area (Å²) in [5, 5.41) is 1.24. The van der Waals surface area contributed by atoms with Crippen LogP contribution in [-0.2, 0) is 6.54 Å². The summed E-state index contributed by atoms with van der Waals surface area (Å²) >= 11 is 0. The first-order valence-electron chi connectivity index (χ1n) is 8.19. The quantitative estimate of drug-likeness (QED) is 0.621. The standard InChI is InChI=1S/C20H23FN2/c1-13(2)10-12-23-15(4)14(3)18-9-11-22-19(20(18)23)16-5-7-17(21)8-6-16/h5-9,11,13H,10,12H2,1-4H3. The van der Waals surface area contributed by atoms with Gasteiger partial charge >= 0.3 is 0 Å². The first-order chi connectivity index (χ1) is 11.0. The Labute approximate surface area is 137 Å². The summed E-state index contributed by atoms with van der Waals surface area (Å²) in [6.07, 6.45) is 2.97. The third-order valence-corrected chi connectivity index (χ3v) is 4.59. The molecule has 0 amide bonds. The fourth-order valence-corrected chi connectivity index (χ4v) is 3.08. The van der Waals surface area contributed by atoms with Crippen LogP contribution in [0.2, 0.25) is 0 Å². The van der Waals surface area contributed by atoms with Gasteiger partial charge in [-0.25, -0.2) is 4.39 Å². The Kier molecular flexibility index (Phi) is 4.20.